The van der Waals surface area contributed by atoms with E-state index >= 15 is 0 Å². The maximum atomic E-state index is 13.0. The Labute approximate surface area is 490 Å². The van der Waals surface area contributed by atoms with Crippen molar-refractivity contribution in [1.29, 1.82) is 0 Å². The van der Waals surface area contributed by atoms with E-state index in [1.807, 2.05) is 30.3 Å². The maximum absolute atomic E-state index is 13.0. The molecule has 5 aliphatic rings. The van der Waals surface area contributed by atoms with Crippen LogP contribution in [0.15, 0.2) is 112 Å². The van der Waals surface area contributed by atoms with Gasteiger partial charge in [0.15, 0.2) is 0 Å². The monoisotopic (exact) mass is 1190 g/mol. The molecular weight excluding hydrogens is 1110 g/mol. The SMILES string of the molecule is CCN(CC)c1ccc2c(O)c(/C=C/c3cc(C(C)(C)C)c4ccc(=[N+](CC)CC)cc-4o3)c(=O)oc2c1.CCN(CC)c1ccc2c(O)c(/C=C3\CCCc4cc5ccc(=[N+](CC)CC)cc-5oc43)c(=O)oc2c1.FB(F)F.FB(F)F.[F-].[F-]. The van der Waals surface area contributed by atoms with Gasteiger partial charge in [0, 0.05) is 72.9 Å². The van der Waals surface area contributed by atoms with Gasteiger partial charge in [-0.1, -0.05) is 20.8 Å². The van der Waals surface area contributed by atoms with E-state index in [-0.39, 0.29) is 37.4 Å². The summed E-state index contributed by atoms with van der Waals surface area (Å²) in [6.45, 7) is 30.4. The molecule has 2 aliphatic heterocycles. The lowest BCUT2D eigenvalue weighted by molar-refractivity contribution is -0.00100. The second kappa shape index (κ2) is 31.2. The van der Waals surface area contributed by atoms with Crippen molar-refractivity contribution in [2.75, 3.05) is 62.2 Å². The highest BCUT2D eigenvalue weighted by Gasteiger charge is 2.25. The summed E-state index contributed by atoms with van der Waals surface area (Å²) in [5, 5.41) is 25.4. The van der Waals surface area contributed by atoms with E-state index in [2.05, 4.69) is 138 Å². The van der Waals surface area contributed by atoms with Crippen LogP contribution in [0, 0.1) is 0 Å². The lowest BCUT2D eigenvalue weighted by Crippen LogP contribution is -3.00. The maximum Gasteiger partial charge on any atom is 0.762 e. The molecule has 9 rings (SSSR count). The molecule has 0 saturated carbocycles. The Balaban J connectivity index is 0.000000317. The van der Waals surface area contributed by atoms with Crippen LogP contribution in [-0.4, -0.2) is 77.7 Å². The summed E-state index contributed by atoms with van der Waals surface area (Å²) in [6.07, 6.45) is 7.67. The van der Waals surface area contributed by atoms with E-state index in [4.69, 9.17) is 17.7 Å². The minimum atomic E-state index is -3.67. The normalized spacial score (nSPS) is 12.3. The van der Waals surface area contributed by atoms with E-state index in [0.29, 0.717) is 27.7 Å². The number of aryl methyl sites for hydroxylation is 1. The van der Waals surface area contributed by atoms with Crippen molar-refractivity contribution >= 4 is 72.2 Å². The molecule has 0 atom stereocenters. The zero-order valence-corrected chi connectivity index (χ0v) is 49.9. The molecule has 2 N–H and O–H groups in total. The van der Waals surface area contributed by atoms with Gasteiger partial charge in [-0.3, -0.25) is 25.9 Å². The zero-order valence-electron chi connectivity index (χ0n) is 49.9. The summed E-state index contributed by atoms with van der Waals surface area (Å²) >= 11 is 0. The van der Waals surface area contributed by atoms with Crippen LogP contribution in [0.25, 0.3) is 68.4 Å². The van der Waals surface area contributed by atoms with Gasteiger partial charge in [0.1, 0.15) is 83.0 Å². The highest BCUT2D eigenvalue weighted by Crippen LogP contribution is 2.40. The van der Waals surface area contributed by atoms with E-state index in [0.717, 1.165) is 139 Å². The summed E-state index contributed by atoms with van der Waals surface area (Å²) in [5.41, 5.74) is 6.93. The quantitative estimate of drug-likeness (QED) is 0.0509. The van der Waals surface area contributed by atoms with Crippen molar-refractivity contribution in [1.82, 2.24) is 9.15 Å². The zero-order chi connectivity index (χ0) is 60.9. The fourth-order valence-corrected chi connectivity index (χ4v) is 10.4. The Morgan fingerprint density at radius 2 is 1.04 bits per heavy atom. The number of hydrogen-bond donors (Lipinski definition) is 2. The number of anilines is 2. The van der Waals surface area contributed by atoms with Crippen LogP contribution in [0.4, 0.5) is 37.3 Å². The van der Waals surface area contributed by atoms with E-state index < -0.39 is 26.3 Å². The molecule has 85 heavy (non-hydrogen) atoms. The molecule has 456 valence electrons. The molecule has 0 unspecified atom stereocenters. The Morgan fingerprint density at radius 3 is 1.52 bits per heavy atom. The highest BCUT2D eigenvalue weighted by molar-refractivity contribution is 6.33. The van der Waals surface area contributed by atoms with Crippen molar-refractivity contribution < 1.29 is 63.2 Å². The molecule has 0 bridgehead atoms. The molecule has 12 nitrogen and oxygen atoms in total. The van der Waals surface area contributed by atoms with Gasteiger partial charge in [-0.15, -0.1) is 0 Å². The lowest BCUT2D eigenvalue weighted by atomic mass is 9.83. The first-order chi connectivity index (χ1) is 39.5. The first-order valence-electron chi connectivity index (χ1n) is 28.2. The minimum Gasteiger partial charge on any atom is -1.00 e. The lowest BCUT2D eigenvalue weighted by Gasteiger charge is -2.24. The summed E-state index contributed by atoms with van der Waals surface area (Å²) in [6, 6.07) is 28.0. The fourth-order valence-electron chi connectivity index (χ4n) is 10.4. The molecule has 4 aromatic rings. The van der Waals surface area contributed by atoms with Crippen LogP contribution in [0.3, 0.4) is 0 Å². The van der Waals surface area contributed by atoms with Gasteiger partial charge in [0.05, 0.1) is 22.9 Å². The van der Waals surface area contributed by atoms with Gasteiger partial charge in [0.25, 0.3) is 0 Å². The third kappa shape index (κ3) is 16.9. The van der Waals surface area contributed by atoms with Gasteiger partial charge in [-0.05, 0) is 164 Å². The van der Waals surface area contributed by atoms with Crippen LogP contribution >= 0.6 is 0 Å². The molecular formula is C63H74B2F8N4O8. The third-order valence-electron chi connectivity index (χ3n) is 14.6. The number of fused-ring (bicyclic) bond motifs is 5. The summed E-state index contributed by atoms with van der Waals surface area (Å²) in [7, 11) is -7.33. The first-order valence-corrected chi connectivity index (χ1v) is 28.2. The molecule has 4 heterocycles. The average Bonchev–Trinajstić information content (AvgIpc) is 2.71. The van der Waals surface area contributed by atoms with Gasteiger partial charge in [0.2, 0.25) is 10.7 Å². The molecule has 0 saturated heterocycles. The van der Waals surface area contributed by atoms with Gasteiger partial charge < -0.3 is 47.1 Å². The molecule has 0 spiro atoms. The summed E-state index contributed by atoms with van der Waals surface area (Å²) in [4.78, 5) is 30.3. The number of rotatable bonds is 13. The van der Waals surface area contributed by atoms with Crippen molar-refractivity contribution in [3.05, 3.63) is 150 Å². The molecule has 0 fully saturated rings. The first kappa shape index (κ1) is 69.5. The Bertz CT molecular complexity index is 3780. The number of benzene rings is 4. The topological polar surface area (TPSA) is 140 Å². The summed E-state index contributed by atoms with van der Waals surface area (Å²) in [5.74, 6) is 2.82. The standard InChI is InChI=1S/C32H38N2O4.C31H34N2O4.2BF3.2FH/c1-8-33(9-2)21-12-15-24-27(32(5,6)7)20-23(37-28(24)18-21)14-17-26-30(35)25-16-13-22(34(10-3)11-4)19-29(25)38-31(26)36;1-5-32(6-2)23-13-12-20-16-21-10-9-11-22(30(21)36-27(20)18-23)17-26-29(34)25-15-14-24(33(7-3)8-4)19-28(25)37-31(26)35;2*2-1(3)4;;/h12-20H,8-11H2,1-7H3;12-19H,5-11H2,1-4H3;;;2*1H. The summed E-state index contributed by atoms with van der Waals surface area (Å²) < 4.78 is 86.7. The predicted octanol–water partition coefficient (Wildman–Crippen LogP) is 7.82. The van der Waals surface area contributed by atoms with Crippen LogP contribution in [0.2, 0.25) is 0 Å². The molecule has 22 heteroatoms. The number of aromatic hydroxyl groups is 2. The number of allylic oxidation sites excluding steroid dienone is 1. The number of halogens is 8. The highest BCUT2D eigenvalue weighted by atomic mass is 19.4. The second-order valence-electron chi connectivity index (χ2n) is 20.5. The van der Waals surface area contributed by atoms with Crippen LogP contribution in [0.5, 0.6) is 11.5 Å². The van der Waals surface area contributed by atoms with Crippen molar-refractivity contribution in [2.24, 2.45) is 0 Å². The molecule has 0 radical (unpaired) electrons. The third-order valence-corrected chi connectivity index (χ3v) is 14.6. The second-order valence-corrected chi connectivity index (χ2v) is 20.5. The van der Waals surface area contributed by atoms with Crippen LogP contribution < -0.4 is 50.3 Å². The van der Waals surface area contributed by atoms with Crippen molar-refractivity contribution in [3.8, 4) is 34.1 Å². The average molecular weight is 1190 g/mol. The van der Waals surface area contributed by atoms with Gasteiger partial charge in [-0.2, -0.15) is 0 Å². The number of hydrogen-bond acceptors (Lipinski definition) is 10. The smallest absolute Gasteiger partial charge is 0.762 e. The largest absolute Gasteiger partial charge is 1.00 e. The Kier molecular flexibility index (Phi) is 25.5. The fraction of sp³-hybridized carbons (Fsp3) is 0.365. The molecule has 2 aromatic heterocycles. The van der Waals surface area contributed by atoms with Crippen molar-refractivity contribution in [3.63, 3.8) is 0 Å². The van der Waals surface area contributed by atoms with E-state index in [1.54, 1.807) is 30.4 Å². The number of nitrogens with zero attached hydrogens (tertiary/aromatic N) is 4. The predicted molar refractivity (Wildman–Crippen MR) is 325 cm³/mol. The van der Waals surface area contributed by atoms with Gasteiger partial charge >= 0.3 is 26.3 Å². The Hall–Kier alpha value is -8.03. The molecule has 0 amide bonds. The van der Waals surface area contributed by atoms with Crippen molar-refractivity contribution in [2.45, 2.75) is 101 Å². The van der Waals surface area contributed by atoms with Crippen LogP contribution in [-0.2, 0) is 11.8 Å². The van der Waals surface area contributed by atoms with Crippen LogP contribution in [0.1, 0.15) is 123 Å². The minimum absolute atomic E-state index is 0. The van der Waals surface area contributed by atoms with E-state index in [9.17, 15) is 45.7 Å². The molecule has 3 aliphatic carbocycles. The molecule has 2 aromatic carbocycles. The Morgan fingerprint density at radius 1 is 0.565 bits per heavy atom. The van der Waals surface area contributed by atoms with Gasteiger partial charge in [-0.25, -0.2) is 18.7 Å². The van der Waals surface area contributed by atoms with E-state index in [1.165, 1.54) is 0 Å².